The van der Waals surface area contributed by atoms with Gasteiger partial charge in [-0.25, -0.2) is 0 Å². The summed E-state index contributed by atoms with van der Waals surface area (Å²) >= 11 is 0. The molecule has 0 saturated heterocycles. The van der Waals surface area contributed by atoms with Crippen LogP contribution in [0.1, 0.15) is 40.3 Å². The van der Waals surface area contributed by atoms with Crippen LogP contribution >= 0.6 is 0 Å². The minimum Gasteiger partial charge on any atom is -0.502 e. The Morgan fingerprint density at radius 1 is 0.456 bits per heavy atom. The number of aryl methyl sites for hydroxylation is 2. The monoisotopic (exact) mass is 746 g/mol. The third-order valence-corrected chi connectivity index (χ3v) is 9.04. The van der Waals surface area contributed by atoms with Crippen LogP contribution in [0.25, 0.3) is 45.3 Å². The third-order valence-electron chi connectivity index (χ3n) is 9.04. The summed E-state index contributed by atoms with van der Waals surface area (Å²) in [6, 6.07) is 57.9. The zero-order valence-corrected chi connectivity index (χ0v) is 32.7. The maximum absolute atomic E-state index is 4.60. The Labute approximate surface area is 335 Å². The highest BCUT2D eigenvalue weighted by Gasteiger charge is 2.12. The molecule has 0 unspecified atom stereocenters. The molecular formula is C50H46N6O. The van der Waals surface area contributed by atoms with Crippen molar-refractivity contribution in [1.29, 1.82) is 0 Å². The van der Waals surface area contributed by atoms with Crippen LogP contribution in [-0.2, 0) is 17.6 Å². The van der Waals surface area contributed by atoms with E-state index >= 15 is 0 Å². The highest BCUT2D eigenvalue weighted by molar-refractivity contribution is 5.67. The molecule has 0 fully saturated rings. The van der Waals surface area contributed by atoms with E-state index in [2.05, 4.69) is 152 Å². The first-order chi connectivity index (χ1) is 28.0. The van der Waals surface area contributed by atoms with Gasteiger partial charge in [0.2, 0.25) is 11.6 Å². The molecule has 0 bridgehead atoms. The van der Waals surface area contributed by atoms with Crippen molar-refractivity contribution in [1.82, 2.24) is 30.6 Å². The number of hydrogen-bond acceptors (Lipinski definition) is 7. The van der Waals surface area contributed by atoms with Gasteiger partial charge in [0.15, 0.2) is 0 Å². The number of benzene rings is 6. The lowest BCUT2D eigenvalue weighted by Crippen LogP contribution is -2.01. The topological polar surface area (TPSA) is 86.6 Å². The number of nitrogens with zero attached hydrogens (tertiary/aromatic N) is 6. The quantitative estimate of drug-likeness (QED) is 0.129. The second-order valence-electron chi connectivity index (χ2n) is 13.4. The zero-order valence-electron chi connectivity index (χ0n) is 32.7. The van der Waals surface area contributed by atoms with E-state index in [1.807, 2.05) is 80.6 Å². The van der Waals surface area contributed by atoms with Crippen LogP contribution in [0.15, 0.2) is 183 Å². The number of ether oxygens (including phenoxy) is 1. The second-order valence-corrected chi connectivity index (χ2v) is 13.4. The van der Waals surface area contributed by atoms with Gasteiger partial charge in [0, 0.05) is 22.3 Å². The highest BCUT2D eigenvalue weighted by Crippen LogP contribution is 2.26. The summed E-state index contributed by atoms with van der Waals surface area (Å²) in [5.74, 6) is 1.09. The molecule has 0 aliphatic heterocycles. The third kappa shape index (κ3) is 11.4. The molecule has 0 atom stereocenters. The molecule has 0 aliphatic rings. The van der Waals surface area contributed by atoms with E-state index in [0.717, 1.165) is 64.2 Å². The van der Waals surface area contributed by atoms with Gasteiger partial charge in [-0.1, -0.05) is 163 Å². The summed E-state index contributed by atoms with van der Waals surface area (Å²) in [5, 5.41) is 26.2. The molecule has 0 saturated carbocycles. The Morgan fingerprint density at radius 2 is 0.930 bits per heavy atom. The highest BCUT2D eigenvalue weighted by atomic mass is 16.5. The first-order valence-corrected chi connectivity index (χ1v) is 19.0. The van der Waals surface area contributed by atoms with Crippen LogP contribution in [0.2, 0.25) is 0 Å². The summed E-state index contributed by atoms with van der Waals surface area (Å²) in [6.45, 7) is 10.1. The molecule has 8 rings (SSSR count). The maximum atomic E-state index is 4.60. The average molecular weight is 747 g/mol. The molecule has 0 N–H and O–H groups in total. The summed E-state index contributed by atoms with van der Waals surface area (Å²) in [6.07, 6.45) is 3.14. The largest absolute Gasteiger partial charge is 0.502 e. The van der Waals surface area contributed by atoms with Gasteiger partial charge in [0.25, 0.3) is 0 Å². The van der Waals surface area contributed by atoms with Crippen LogP contribution in [0.5, 0.6) is 0 Å². The van der Waals surface area contributed by atoms with Crippen molar-refractivity contribution >= 4 is 0 Å². The zero-order chi connectivity index (χ0) is 39.7. The van der Waals surface area contributed by atoms with Crippen LogP contribution < -0.4 is 0 Å². The number of aromatic nitrogens is 6. The molecule has 0 amide bonds. The molecule has 282 valence electrons. The standard InChI is InChI=1S/C24H20N2.C22H18N4.C4H8O/c1-18-8-7-12-21(16-18)23-14-15-24(26-25-23)22-13-6-5-11-20(22)17-19-9-3-2-4-10-19;1-16-8-7-12-19(14-16)21-23-25-22(26-24-21)20-13-6-5-11-18(20)15-17-9-3-2-4-10-17;1-3-5-4-2/h2-16H,17H2,1H3;2-14H,15H2,1H3;3H,1,4H2,2H3. The fraction of sp³-hybridized carbons (Fsp3) is 0.120. The van der Waals surface area contributed by atoms with Crippen molar-refractivity contribution in [2.45, 2.75) is 33.6 Å². The average Bonchev–Trinajstić information content (AvgIpc) is 3.26. The molecule has 7 heteroatoms. The summed E-state index contributed by atoms with van der Waals surface area (Å²) < 4.78 is 4.60. The van der Waals surface area contributed by atoms with Crippen molar-refractivity contribution in [3.63, 3.8) is 0 Å². The van der Waals surface area contributed by atoms with E-state index in [0.29, 0.717) is 11.6 Å². The van der Waals surface area contributed by atoms with E-state index in [1.165, 1.54) is 28.5 Å². The second kappa shape index (κ2) is 20.5. The minimum absolute atomic E-state index is 0.540. The Kier molecular flexibility index (Phi) is 14.3. The first kappa shape index (κ1) is 39.6. The van der Waals surface area contributed by atoms with Crippen molar-refractivity contribution < 1.29 is 4.74 Å². The predicted molar refractivity (Wildman–Crippen MR) is 231 cm³/mol. The Balaban J connectivity index is 0.000000173. The van der Waals surface area contributed by atoms with Crippen LogP contribution in [0, 0.1) is 13.8 Å². The molecule has 57 heavy (non-hydrogen) atoms. The van der Waals surface area contributed by atoms with Crippen molar-refractivity contribution in [3.8, 4) is 45.3 Å². The Bertz CT molecular complexity index is 2280. The Morgan fingerprint density at radius 3 is 1.46 bits per heavy atom. The van der Waals surface area contributed by atoms with Crippen molar-refractivity contribution in [2.75, 3.05) is 6.61 Å². The summed E-state index contributed by atoms with van der Waals surface area (Å²) in [5.41, 5.74) is 13.3. The van der Waals surface area contributed by atoms with Gasteiger partial charge in [0.05, 0.1) is 24.3 Å². The summed E-state index contributed by atoms with van der Waals surface area (Å²) in [7, 11) is 0. The molecular weight excluding hydrogens is 701 g/mol. The molecule has 0 spiro atoms. The van der Waals surface area contributed by atoms with Gasteiger partial charge in [0.1, 0.15) is 0 Å². The van der Waals surface area contributed by atoms with E-state index in [-0.39, 0.29) is 0 Å². The van der Waals surface area contributed by atoms with E-state index < -0.39 is 0 Å². The smallest absolute Gasteiger partial charge is 0.203 e. The van der Waals surface area contributed by atoms with Crippen molar-refractivity contribution in [2.24, 2.45) is 0 Å². The first-order valence-electron chi connectivity index (χ1n) is 19.0. The van der Waals surface area contributed by atoms with Crippen LogP contribution in [0.3, 0.4) is 0 Å². The van der Waals surface area contributed by atoms with Gasteiger partial charge >= 0.3 is 0 Å². The van der Waals surface area contributed by atoms with Crippen molar-refractivity contribution in [3.05, 3.63) is 216 Å². The van der Waals surface area contributed by atoms with E-state index in [1.54, 1.807) is 0 Å². The van der Waals surface area contributed by atoms with E-state index in [4.69, 9.17) is 0 Å². The molecule has 2 aromatic heterocycles. The lowest BCUT2D eigenvalue weighted by atomic mass is 9.97. The fourth-order valence-electron chi connectivity index (χ4n) is 6.24. The van der Waals surface area contributed by atoms with Crippen LogP contribution in [-0.4, -0.2) is 37.2 Å². The lowest BCUT2D eigenvalue weighted by Gasteiger charge is -2.09. The molecule has 2 heterocycles. The molecule has 0 aliphatic carbocycles. The van der Waals surface area contributed by atoms with Gasteiger partial charge in [-0.2, -0.15) is 0 Å². The Hall–Kier alpha value is -7.12. The predicted octanol–water partition coefficient (Wildman–Crippen LogP) is 11.4. The van der Waals surface area contributed by atoms with E-state index in [9.17, 15) is 0 Å². The summed E-state index contributed by atoms with van der Waals surface area (Å²) in [4.78, 5) is 0. The fourth-order valence-corrected chi connectivity index (χ4v) is 6.24. The molecule has 8 aromatic rings. The van der Waals surface area contributed by atoms with Gasteiger partial charge < -0.3 is 4.74 Å². The molecule has 0 radical (unpaired) electrons. The number of rotatable bonds is 10. The van der Waals surface area contributed by atoms with Gasteiger partial charge in [-0.15, -0.1) is 30.6 Å². The molecule has 6 aromatic carbocycles. The SMILES string of the molecule is C=COCC.Cc1cccc(-c2ccc(-c3ccccc3Cc3ccccc3)nn2)c1.Cc1cccc(-c2nnc(-c3ccccc3Cc3ccccc3)nn2)c1. The normalized spacial score (nSPS) is 10.3. The minimum atomic E-state index is 0.540. The number of hydrogen-bond donors (Lipinski definition) is 0. The van der Waals surface area contributed by atoms with Gasteiger partial charge in [-0.05, 0) is 80.1 Å². The molecule has 7 nitrogen and oxygen atoms in total. The maximum Gasteiger partial charge on any atom is 0.203 e. The van der Waals surface area contributed by atoms with Crippen LogP contribution in [0.4, 0.5) is 0 Å². The lowest BCUT2D eigenvalue weighted by molar-refractivity contribution is 0.270. The van der Waals surface area contributed by atoms with Gasteiger partial charge in [-0.3, -0.25) is 0 Å².